The zero-order valence-corrected chi connectivity index (χ0v) is 17.5. The number of nitrogens with one attached hydrogen (secondary N) is 1. The zero-order valence-electron chi connectivity index (χ0n) is 17.5. The molecule has 4 heterocycles. The van der Waals surface area contributed by atoms with Gasteiger partial charge in [0, 0.05) is 23.0 Å². The second kappa shape index (κ2) is 6.85. The average molecular weight is 410 g/mol. The van der Waals surface area contributed by atoms with Crippen LogP contribution in [-0.2, 0) is 5.54 Å². The van der Waals surface area contributed by atoms with Crippen molar-refractivity contribution in [1.82, 2.24) is 24.5 Å². The molecular formula is C24H22N6O. The minimum Gasteiger partial charge on any atom is -0.322 e. The summed E-state index contributed by atoms with van der Waals surface area (Å²) in [5.41, 5.74) is 12.5. The molecule has 0 spiro atoms. The standard InChI is InChI=1S/C24H22N6O/c1-14-4-5-15(12-26-14)18-10-11-19-21(28-18)22-20(13-27-19)29-23(31)30(22)17-8-6-16(7-9-17)24(2,3)25/h4-13H,25H2,1-3H3,(H,29,31). The topological polar surface area (TPSA) is 102 Å². The number of aromatic nitrogens is 5. The minimum atomic E-state index is -0.459. The lowest BCUT2D eigenvalue weighted by Crippen LogP contribution is -2.28. The molecule has 0 aliphatic rings. The van der Waals surface area contributed by atoms with Gasteiger partial charge >= 0.3 is 5.69 Å². The zero-order chi connectivity index (χ0) is 21.8. The Hall–Kier alpha value is -3.84. The number of hydrogen-bond acceptors (Lipinski definition) is 5. The second-order valence-electron chi connectivity index (χ2n) is 8.31. The largest absolute Gasteiger partial charge is 0.331 e. The van der Waals surface area contributed by atoms with E-state index in [0.29, 0.717) is 22.1 Å². The molecule has 0 saturated carbocycles. The van der Waals surface area contributed by atoms with Gasteiger partial charge in [0.25, 0.3) is 0 Å². The molecule has 5 rings (SSSR count). The summed E-state index contributed by atoms with van der Waals surface area (Å²) in [5, 5.41) is 0. The number of imidazole rings is 1. The maximum absolute atomic E-state index is 12.9. The van der Waals surface area contributed by atoms with Crippen LogP contribution in [0.4, 0.5) is 0 Å². The van der Waals surface area contributed by atoms with Crippen molar-refractivity contribution in [3.63, 3.8) is 0 Å². The predicted molar refractivity (Wildman–Crippen MR) is 122 cm³/mol. The number of nitrogens with zero attached hydrogens (tertiary/aromatic N) is 4. The third kappa shape index (κ3) is 3.29. The molecule has 0 atom stereocenters. The minimum absolute atomic E-state index is 0.242. The number of nitrogens with two attached hydrogens (primary N) is 1. The molecule has 1 aromatic carbocycles. The highest BCUT2D eigenvalue weighted by Gasteiger charge is 2.17. The van der Waals surface area contributed by atoms with Gasteiger partial charge in [0.05, 0.1) is 28.6 Å². The van der Waals surface area contributed by atoms with E-state index in [1.54, 1.807) is 17.0 Å². The van der Waals surface area contributed by atoms with E-state index in [4.69, 9.17) is 10.7 Å². The fourth-order valence-corrected chi connectivity index (χ4v) is 3.71. The van der Waals surface area contributed by atoms with Crippen molar-refractivity contribution < 1.29 is 0 Å². The molecule has 0 aliphatic carbocycles. The van der Waals surface area contributed by atoms with Gasteiger partial charge in [-0.05, 0) is 62.7 Å². The Morgan fingerprint density at radius 1 is 0.968 bits per heavy atom. The van der Waals surface area contributed by atoms with E-state index in [2.05, 4.69) is 15.0 Å². The van der Waals surface area contributed by atoms with Gasteiger partial charge in [-0.2, -0.15) is 0 Å². The summed E-state index contributed by atoms with van der Waals surface area (Å²) in [4.78, 5) is 29.5. The van der Waals surface area contributed by atoms with Gasteiger partial charge in [0.15, 0.2) is 0 Å². The normalized spacial score (nSPS) is 12.0. The van der Waals surface area contributed by atoms with Crippen LogP contribution in [0.5, 0.6) is 0 Å². The summed E-state index contributed by atoms with van der Waals surface area (Å²) in [6.07, 6.45) is 3.47. The number of rotatable bonds is 3. The molecule has 0 radical (unpaired) electrons. The Bertz CT molecular complexity index is 1470. The highest BCUT2D eigenvalue weighted by Crippen LogP contribution is 2.27. The third-order valence-electron chi connectivity index (χ3n) is 5.43. The quantitative estimate of drug-likeness (QED) is 0.471. The van der Waals surface area contributed by atoms with Gasteiger partial charge in [-0.1, -0.05) is 12.1 Å². The van der Waals surface area contributed by atoms with Gasteiger partial charge in [-0.25, -0.2) is 9.78 Å². The SMILES string of the molecule is Cc1ccc(-c2ccc3ncc4[nH]c(=O)n(-c5ccc(C(C)(C)N)cc5)c4c3n2)cn1. The number of hydrogen-bond donors (Lipinski definition) is 2. The molecular weight excluding hydrogens is 388 g/mol. The number of benzene rings is 1. The van der Waals surface area contributed by atoms with E-state index in [9.17, 15) is 4.79 Å². The molecule has 7 nitrogen and oxygen atoms in total. The molecule has 154 valence electrons. The molecule has 7 heteroatoms. The van der Waals surface area contributed by atoms with Crippen molar-refractivity contribution in [2.24, 2.45) is 5.73 Å². The van der Waals surface area contributed by atoms with Crippen molar-refractivity contribution in [3.05, 3.63) is 82.7 Å². The van der Waals surface area contributed by atoms with E-state index in [1.165, 1.54) is 0 Å². The Balaban J connectivity index is 1.75. The molecule has 0 aliphatic heterocycles. The first kappa shape index (κ1) is 19.1. The summed E-state index contributed by atoms with van der Waals surface area (Å²) in [6.45, 7) is 5.84. The summed E-state index contributed by atoms with van der Waals surface area (Å²) >= 11 is 0. The fraction of sp³-hybridized carbons (Fsp3) is 0.167. The second-order valence-corrected chi connectivity index (χ2v) is 8.31. The molecule has 0 unspecified atom stereocenters. The van der Waals surface area contributed by atoms with Gasteiger partial charge in [-0.3, -0.25) is 14.5 Å². The summed E-state index contributed by atoms with van der Waals surface area (Å²) in [7, 11) is 0. The first-order valence-electron chi connectivity index (χ1n) is 10.0. The van der Waals surface area contributed by atoms with Crippen LogP contribution in [0, 0.1) is 6.92 Å². The summed E-state index contributed by atoms with van der Waals surface area (Å²) in [6, 6.07) is 15.5. The van der Waals surface area contributed by atoms with E-state index in [-0.39, 0.29) is 5.69 Å². The van der Waals surface area contributed by atoms with Crippen LogP contribution in [-0.4, -0.2) is 24.5 Å². The molecule has 0 bridgehead atoms. The van der Waals surface area contributed by atoms with Gasteiger partial charge in [0.1, 0.15) is 11.0 Å². The smallest absolute Gasteiger partial charge is 0.322 e. The number of fused-ring (bicyclic) bond motifs is 3. The molecule has 3 N–H and O–H groups in total. The van der Waals surface area contributed by atoms with Crippen molar-refractivity contribution in [1.29, 1.82) is 0 Å². The lowest BCUT2D eigenvalue weighted by molar-refractivity contribution is 0.554. The van der Waals surface area contributed by atoms with E-state index >= 15 is 0 Å². The lowest BCUT2D eigenvalue weighted by Gasteiger charge is -2.19. The Morgan fingerprint density at radius 2 is 1.74 bits per heavy atom. The molecule has 0 amide bonds. The fourth-order valence-electron chi connectivity index (χ4n) is 3.71. The number of H-pyrrole nitrogens is 1. The van der Waals surface area contributed by atoms with Crippen LogP contribution in [0.15, 0.2) is 65.7 Å². The lowest BCUT2D eigenvalue weighted by atomic mass is 9.95. The summed E-state index contributed by atoms with van der Waals surface area (Å²) < 4.78 is 1.64. The molecule has 0 saturated heterocycles. The highest BCUT2D eigenvalue weighted by atomic mass is 16.1. The molecule has 4 aromatic heterocycles. The number of pyridine rings is 3. The number of aromatic amines is 1. The average Bonchev–Trinajstić information content (AvgIpc) is 3.09. The maximum Gasteiger partial charge on any atom is 0.331 e. The monoisotopic (exact) mass is 410 g/mol. The van der Waals surface area contributed by atoms with E-state index in [0.717, 1.165) is 28.2 Å². The Kier molecular flexibility index (Phi) is 4.23. The van der Waals surface area contributed by atoms with Gasteiger partial charge in [0.2, 0.25) is 0 Å². The van der Waals surface area contributed by atoms with E-state index < -0.39 is 5.54 Å². The Morgan fingerprint density at radius 3 is 2.42 bits per heavy atom. The molecule has 0 fully saturated rings. The Labute approximate surface area is 178 Å². The van der Waals surface area contributed by atoms with Crippen molar-refractivity contribution in [2.75, 3.05) is 0 Å². The van der Waals surface area contributed by atoms with Crippen molar-refractivity contribution >= 4 is 22.1 Å². The van der Waals surface area contributed by atoms with Crippen molar-refractivity contribution in [3.8, 4) is 16.9 Å². The highest BCUT2D eigenvalue weighted by molar-refractivity contribution is 6.00. The van der Waals surface area contributed by atoms with Crippen LogP contribution >= 0.6 is 0 Å². The van der Waals surface area contributed by atoms with Crippen molar-refractivity contribution in [2.45, 2.75) is 26.3 Å². The van der Waals surface area contributed by atoms with Gasteiger partial charge < -0.3 is 10.7 Å². The molecule has 5 aromatic rings. The first-order valence-corrected chi connectivity index (χ1v) is 10.0. The molecule has 31 heavy (non-hydrogen) atoms. The third-order valence-corrected chi connectivity index (χ3v) is 5.43. The van der Waals surface area contributed by atoms with Crippen LogP contribution in [0.1, 0.15) is 25.1 Å². The maximum atomic E-state index is 12.9. The van der Waals surface area contributed by atoms with Crippen LogP contribution in [0.3, 0.4) is 0 Å². The van der Waals surface area contributed by atoms with Gasteiger partial charge in [-0.15, -0.1) is 0 Å². The van der Waals surface area contributed by atoms with Crippen LogP contribution in [0.25, 0.3) is 39.0 Å². The predicted octanol–water partition coefficient (Wildman–Crippen LogP) is 3.83. The summed E-state index contributed by atoms with van der Waals surface area (Å²) in [5.74, 6) is 0. The first-order chi connectivity index (χ1) is 14.8. The van der Waals surface area contributed by atoms with Crippen LogP contribution < -0.4 is 11.4 Å². The van der Waals surface area contributed by atoms with E-state index in [1.807, 2.05) is 69.3 Å². The number of aryl methyl sites for hydroxylation is 1. The van der Waals surface area contributed by atoms with Crippen LogP contribution in [0.2, 0.25) is 0 Å².